The first kappa shape index (κ1) is 16.3. The van der Waals surface area contributed by atoms with Crippen LogP contribution in [0.25, 0.3) is 0 Å². The summed E-state index contributed by atoms with van der Waals surface area (Å²) in [6.45, 7) is 0.338. The van der Waals surface area contributed by atoms with Gasteiger partial charge in [0.1, 0.15) is 5.75 Å². The molecular weight excluding hydrogens is 332 g/mol. The maximum absolute atomic E-state index is 13.0. The summed E-state index contributed by atoms with van der Waals surface area (Å²) in [6.07, 6.45) is 1.43. The molecular formula is C16H16N2O5S. The zero-order chi connectivity index (χ0) is 17.3. The summed E-state index contributed by atoms with van der Waals surface area (Å²) in [5.74, 6) is 0.670. The van der Waals surface area contributed by atoms with Gasteiger partial charge in [-0.15, -0.1) is 0 Å². The second-order valence-corrected chi connectivity index (χ2v) is 7.29. The molecule has 0 bridgehead atoms. The molecule has 0 saturated heterocycles. The lowest BCUT2D eigenvalue weighted by molar-refractivity contribution is -0.385. The van der Waals surface area contributed by atoms with Gasteiger partial charge in [0.25, 0.3) is 15.7 Å². The van der Waals surface area contributed by atoms with E-state index >= 15 is 0 Å². The van der Waals surface area contributed by atoms with Crippen LogP contribution in [0.3, 0.4) is 0 Å². The van der Waals surface area contributed by atoms with Gasteiger partial charge < -0.3 is 4.74 Å². The standard InChI is InChI=1S/C16H16N2O5S/c1-23-14-7-8-16-12(10-14)4-3-9-17(16)24(21,22)15-6-2-5-13(11-15)18(19)20/h2,5-8,10-11H,3-4,9H2,1H3. The molecule has 2 aromatic carbocycles. The number of hydrogen-bond donors (Lipinski definition) is 0. The van der Waals surface area contributed by atoms with Crippen LogP contribution in [0.5, 0.6) is 5.75 Å². The molecule has 3 rings (SSSR count). The Labute approximate surface area is 139 Å². The number of sulfonamides is 1. The Bertz CT molecular complexity index is 895. The lowest BCUT2D eigenvalue weighted by Crippen LogP contribution is -2.35. The summed E-state index contributed by atoms with van der Waals surface area (Å²) >= 11 is 0. The summed E-state index contributed by atoms with van der Waals surface area (Å²) in [6, 6.07) is 10.4. The van der Waals surface area contributed by atoms with E-state index in [1.54, 1.807) is 19.2 Å². The Morgan fingerprint density at radius 2 is 2.00 bits per heavy atom. The molecule has 0 unspecified atom stereocenters. The minimum absolute atomic E-state index is 0.0830. The number of rotatable bonds is 4. The number of methoxy groups -OCH3 is 1. The quantitative estimate of drug-likeness (QED) is 0.626. The highest BCUT2D eigenvalue weighted by Crippen LogP contribution is 2.34. The van der Waals surface area contributed by atoms with E-state index in [4.69, 9.17) is 4.74 Å². The zero-order valence-corrected chi connectivity index (χ0v) is 13.8. The summed E-state index contributed by atoms with van der Waals surface area (Å²) in [7, 11) is -2.31. The molecule has 0 aliphatic carbocycles. The molecule has 0 aromatic heterocycles. The summed E-state index contributed by atoms with van der Waals surface area (Å²) < 4.78 is 32.4. The Morgan fingerprint density at radius 3 is 2.71 bits per heavy atom. The van der Waals surface area contributed by atoms with Crippen LogP contribution < -0.4 is 9.04 Å². The Morgan fingerprint density at radius 1 is 1.21 bits per heavy atom. The second kappa shape index (κ2) is 6.12. The Hall–Kier alpha value is -2.61. The van der Waals surface area contributed by atoms with Crippen LogP contribution in [-0.2, 0) is 16.4 Å². The Balaban J connectivity index is 2.06. The number of benzene rings is 2. The first-order chi connectivity index (χ1) is 11.4. The van der Waals surface area contributed by atoms with Crippen molar-refractivity contribution in [3.05, 3.63) is 58.1 Å². The highest BCUT2D eigenvalue weighted by atomic mass is 32.2. The van der Waals surface area contributed by atoms with Crippen LogP contribution in [0.1, 0.15) is 12.0 Å². The molecule has 0 amide bonds. The SMILES string of the molecule is COc1ccc2c(c1)CCCN2S(=O)(=O)c1cccc([N+](=O)[O-])c1. The molecule has 1 aliphatic heterocycles. The molecule has 7 nitrogen and oxygen atoms in total. The predicted molar refractivity (Wildman–Crippen MR) is 88.9 cm³/mol. The number of non-ortho nitro benzene ring substituents is 1. The lowest BCUT2D eigenvalue weighted by atomic mass is 10.0. The van der Waals surface area contributed by atoms with Crippen molar-refractivity contribution in [3.8, 4) is 5.75 Å². The summed E-state index contributed by atoms with van der Waals surface area (Å²) in [5.41, 5.74) is 1.23. The maximum atomic E-state index is 13.0. The molecule has 8 heteroatoms. The van der Waals surface area contributed by atoms with Crippen molar-refractivity contribution >= 4 is 21.4 Å². The van der Waals surface area contributed by atoms with E-state index in [2.05, 4.69) is 0 Å². The largest absolute Gasteiger partial charge is 0.497 e. The third-order valence-electron chi connectivity index (χ3n) is 3.98. The highest BCUT2D eigenvalue weighted by Gasteiger charge is 2.30. The molecule has 2 aromatic rings. The number of nitro benzene ring substituents is 1. The number of nitrogens with zero attached hydrogens (tertiary/aromatic N) is 2. The van der Waals surface area contributed by atoms with Gasteiger partial charge in [0.15, 0.2) is 0 Å². The van der Waals surface area contributed by atoms with E-state index in [0.717, 1.165) is 18.1 Å². The van der Waals surface area contributed by atoms with Crippen molar-refractivity contribution in [2.24, 2.45) is 0 Å². The average molecular weight is 348 g/mol. The van der Waals surface area contributed by atoms with Gasteiger partial charge in [0, 0.05) is 18.7 Å². The number of aryl methyl sites for hydroxylation is 1. The minimum Gasteiger partial charge on any atom is -0.497 e. The number of fused-ring (bicyclic) bond motifs is 1. The van der Waals surface area contributed by atoms with Gasteiger partial charge in [0.05, 0.1) is 22.6 Å². The van der Waals surface area contributed by atoms with Crippen molar-refractivity contribution < 1.29 is 18.1 Å². The fourth-order valence-electron chi connectivity index (χ4n) is 2.80. The molecule has 1 heterocycles. The van der Waals surface area contributed by atoms with Crippen molar-refractivity contribution in [2.75, 3.05) is 18.0 Å². The Kier molecular flexibility index (Phi) is 4.15. The zero-order valence-electron chi connectivity index (χ0n) is 13.0. The molecule has 0 N–H and O–H groups in total. The predicted octanol–water partition coefficient (Wildman–Crippen LogP) is 2.74. The number of ether oxygens (including phenoxy) is 1. The second-order valence-electron chi connectivity index (χ2n) is 5.43. The molecule has 0 radical (unpaired) electrons. The van der Waals surface area contributed by atoms with E-state index in [1.807, 2.05) is 6.07 Å². The van der Waals surface area contributed by atoms with Crippen molar-refractivity contribution in [3.63, 3.8) is 0 Å². The number of anilines is 1. The normalized spacial score (nSPS) is 14.1. The van der Waals surface area contributed by atoms with Crippen LogP contribution in [0, 0.1) is 10.1 Å². The van der Waals surface area contributed by atoms with Crippen LogP contribution in [0.2, 0.25) is 0 Å². The molecule has 126 valence electrons. The first-order valence-corrected chi connectivity index (χ1v) is 8.81. The molecule has 0 atom stereocenters. The van der Waals surface area contributed by atoms with Gasteiger partial charge in [-0.1, -0.05) is 6.07 Å². The summed E-state index contributed by atoms with van der Waals surface area (Å²) in [4.78, 5) is 10.2. The minimum atomic E-state index is -3.86. The highest BCUT2D eigenvalue weighted by molar-refractivity contribution is 7.92. The summed E-state index contributed by atoms with van der Waals surface area (Å²) in [5, 5.41) is 10.9. The van der Waals surface area contributed by atoms with E-state index in [1.165, 1.54) is 22.5 Å². The molecule has 0 spiro atoms. The first-order valence-electron chi connectivity index (χ1n) is 7.37. The van der Waals surface area contributed by atoms with Crippen molar-refractivity contribution in [1.29, 1.82) is 0 Å². The van der Waals surface area contributed by atoms with E-state index in [-0.39, 0.29) is 10.6 Å². The third kappa shape index (κ3) is 2.80. The monoisotopic (exact) mass is 348 g/mol. The van der Waals surface area contributed by atoms with Crippen LogP contribution in [-0.4, -0.2) is 27.0 Å². The van der Waals surface area contributed by atoms with Crippen molar-refractivity contribution in [2.45, 2.75) is 17.7 Å². The van der Waals surface area contributed by atoms with E-state index in [9.17, 15) is 18.5 Å². The smallest absolute Gasteiger partial charge is 0.270 e. The van der Waals surface area contributed by atoms with Gasteiger partial charge in [-0.05, 0) is 42.7 Å². The van der Waals surface area contributed by atoms with Crippen LogP contribution in [0.4, 0.5) is 11.4 Å². The number of nitro groups is 1. The van der Waals surface area contributed by atoms with Gasteiger partial charge >= 0.3 is 0 Å². The topological polar surface area (TPSA) is 89.8 Å². The van der Waals surface area contributed by atoms with E-state index < -0.39 is 14.9 Å². The third-order valence-corrected chi connectivity index (χ3v) is 5.79. The fourth-order valence-corrected chi connectivity index (χ4v) is 4.38. The van der Waals surface area contributed by atoms with Crippen LogP contribution in [0.15, 0.2) is 47.4 Å². The molecule has 0 fully saturated rings. The average Bonchev–Trinajstić information content (AvgIpc) is 2.60. The lowest BCUT2D eigenvalue weighted by Gasteiger charge is -2.30. The van der Waals surface area contributed by atoms with Gasteiger partial charge in [-0.3, -0.25) is 14.4 Å². The van der Waals surface area contributed by atoms with E-state index in [0.29, 0.717) is 24.4 Å². The molecule has 1 aliphatic rings. The van der Waals surface area contributed by atoms with Crippen LogP contribution >= 0.6 is 0 Å². The van der Waals surface area contributed by atoms with Gasteiger partial charge in [-0.2, -0.15) is 0 Å². The maximum Gasteiger partial charge on any atom is 0.270 e. The van der Waals surface area contributed by atoms with Gasteiger partial charge in [-0.25, -0.2) is 8.42 Å². The molecule has 0 saturated carbocycles. The van der Waals surface area contributed by atoms with Gasteiger partial charge in [0.2, 0.25) is 0 Å². The molecule has 24 heavy (non-hydrogen) atoms. The number of hydrogen-bond acceptors (Lipinski definition) is 5. The fraction of sp³-hybridized carbons (Fsp3) is 0.250. The van der Waals surface area contributed by atoms with Crippen molar-refractivity contribution in [1.82, 2.24) is 0 Å².